The maximum Gasteiger partial charge on any atom is 0.289 e. The van der Waals surface area contributed by atoms with Crippen LogP contribution in [0.5, 0.6) is 5.75 Å². The molecule has 1 aromatic carbocycles. The normalized spacial score (nSPS) is 17.9. The van der Waals surface area contributed by atoms with Crippen LogP contribution in [0.15, 0.2) is 41.0 Å². The van der Waals surface area contributed by atoms with Crippen molar-refractivity contribution in [1.29, 1.82) is 0 Å². The van der Waals surface area contributed by atoms with Crippen LogP contribution in [0.25, 0.3) is 0 Å². The van der Waals surface area contributed by atoms with Crippen molar-refractivity contribution < 1.29 is 23.5 Å². The second-order valence-electron chi connectivity index (χ2n) is 8.08. The summed E-state index contributed by atoms with van der Waals surface area (Å²) in [4.78, 5) is 43.1. The van der Waals surface area contributed by atoms with E-state index in [4.69, 9.17) is 20.8 Å². The second-order valence-corrected chi connectivity index (χ2v) is 8.52. The first kappa shape index (κ1) is 21.2. The minimum Gasteiger partial charge on any atom is -0.476 e. The number of rotatable bonds is 4. The first-order valence-corrected chi connectivity index (χ1v) is 10.5. The minimum atomic E-state index is -1.03. The van der Waals surface area contributed by atoms with Gasteiger partial charge < -0.3 is 23.9 Å². The van der Waals surface area contributed by atoms with E-state index < -0.39 is 5.60 Å². The maximum atomic E-state index is 12.9. The summed E-state index contributed by atoms with van der Waals surface area (Å²) in [6, 6.07) is 8.42. The highest BCUT2D eigenvalue weighted by atomic mass is 35.5. The summed E-state index contributed by atoms with van der Waals surface area (Å²) < 4.78 is 11.0. The Balaban J connectivity index is 1.37. The molecule has 0 spiro atoms. The van der Waals surface area contributed by atoms with Crippen LogP contribution in [0.2, 0.25) is 5.02 Å². The zero-order chi connectivity index (χ0) is 22.2. The van der Waals surface area contributed by atoms with Crippen molar-refractivity contribution in [2.45, 2.75) is 25.9 Å². The van der Waals surface area contributed by atoms with Gasteiger partial charge in [-0.05, 0) is 44.2 Å². The zero-order valence-corrected chi connectivity index (χ0v) is 18.2. The molecule has 4 rings (SSSR count). The Kier molecular flexibility index (Phi) is 5.66. The first-order valence-electron chi connectivity index (χ1n) is 10.2. The van der Waals surface area contributed by atoms with Crippen molar-refractivity contribution in [3.63, 3.8) is 0 Å². The molecule has 8 nitrogen and oxygen atoms in total. The van der Waals surface area contributed by atoms with Crippen molar-refractivity contribution in [1.82, 2.24) is 9.80 Å². The number of furan rings is 1. The summed E-state index contributed by atoms with van der Waals surface area (Å²) in [6.45, 7) is 5.39. The van der Waals surface area contributed by atoms with E-state index in [9.17, 15) is 14.4 Å². The van der Waals surface area contributed by atoms with Crippen molar-refractivity contribution in [3.8, 4) is 5.75 Å². The van der Waals surface area contributed by atoms with E-state index in [2.05, 4.69) is 0 Å². The van der Waals surface area contributed by atoms with E-state index in [1.54, 1.807) is 58.9 Å². The lowest BCUT2D eigenvalue weighted by Crippen LogP contribution is -2.54. The van der Waals surface area contributed by atoms with Crippen LogP contribution in [0.1, 0.15) is 30.8 Å². The molecule has 9 heteroatoms. The molecule has 3 amide bonds. The Morgan fingerprint density at radius 2 is 1.81 bits per heavy atom. The van der Waals surface area contributed by atoms with Crippen molar-refractivity contribution in [2.75, 3.05) is 37.6 Å². The molecule has 1 aromatic heterocycles. The quantitative estimate of drug-likeness (QED) is 0.722. The third-order valence-electron chi connectivity index (χ3n) is 5.54. The van der Waals surface area contributed by atoms with Gasteiger partial charge in [-0.1, -0.05) is 11.6 Å². The van der Waals surface area contributed by atoms with Gasteiger partial charge in [0, 0.05) is 44.2 Å². The molecule has 2 aliphatic rings. The molecular weight excluding hydrogens is 422 g/mol. The lowest BCUT2D eigenvalue weighted by atomic mass is 10.0. The van der Waals surface area contributed by atoms with E-state index in [0.29, 0.717) is 48.4 Å². The van der Waals surface area contributed by atoms with E-state index in [0.717, 1.165) is 0 Å². The third kappa shape index (κ3) is 4.25. The zero-order valence-electron chi connectivity index (χ0n) is 17.5. The molecule has 3 heterocycles. The van der Waals surface area contributed by atoms with Crippen LogP contribution >= 0.6 is 11.6 Å². The fraction of sp³-hybridized carbons (Fsp3) is 0.409. The number of amides is 3. The van der Waals surface area contributed by atoms with Crippen molar-refractivity contribution in [3.05, 3.63) is 47.4 Å². The van der Waals surface area contributed by atoms with Crippen LogP contribution in [-0.4, -0.2) is 65.8 Å². The van der Waals surface area contributed by atoms with Crippen LogP contribution < -0.4 is 9.64 Å². The van der Waals surface area contributed by atoms with Crippen LogP contribution in [0, 0.1) is 0 Å². The molecule has 0 unspecified atom stereocenters. The van der Waals surface area contributed by atoms with E-state index in [1.165, 1.54) is 6.26 Å². The van der Waals surface area contributed by atoms with Crippen LogP contribution in [0.3, 0.4) is 0 Å². The Labute approximate surface area is 185 Å². The number of hydrogen-bond donors (Lipinski definition) is 0. The highest BCUT2D eigenvalue weighted by Crippen LogP contribution is 2.39. The van der Waals surface area contributed by atoms with Gasteiger partial charge in [-0.2, -0.15) is 0 Å². The average Bonchev–Trinajstić information content (AvgIpc) is 3.29. The van der Waals surface area contributed by atoms with Gasteiger partial charge in [-0.15, -0.1) is 0 Å². The van der Waals surface area contributed by atoms with Gasteiger partial charge in [-0.25, -0.2) is 0 Å². The van der Waals surface area contributed by atoms with Gasteiger partial charge in [0.25, 0.3) is 11.8 Å². The standard InChI is InChI=1S/C22H24ClN3O5/c1-22(2)21(29)26(16-14-15(23)5-6-17(16)31-22)8-7-19(27)24-9-11-25(12-10-24)20(28)18-4-3-13-30-18/h3-6,13-14H,7-12H2,1-2H3. The topological polar surface area (TPSA) is 83.3 Å². The molecule has 0 aliphatic carbocycles. The molecule has 0 bridgehead atoms. The highest BCUT2D eigenvalue weighted by Gasteiger charge is 2.41. The summed E-state index contributed by atoms with van der Waals surface area (Å²) in [5.74, 6) is 0.401. The maximum absolute atomic E-state index is 12.9. The molecule has 164 valence electrons. The number of hydrogen-bond acceptors (Lipinski definition) is 5. The largest absolute Gasteiger partial charge is 0.476 e. The van der Waals surface area contributed by atoms with Crippen molar-refractivity contribution >= 4 is 35.0 Å². The summed E-state index contributed by atoms with van der Waals surface area (Å²) >= 11 is 6.11. The number of benzene rings is 1. The number of anilines is 1. The second kappa shape index (κ2) is 8.26. The molecule has 0 N–H and O–H groups in total. The van der Waals surface area contributed by atoms with E-state index in [1.807, 2.05) is 0 Å². The Morgan fingerprint density at radius 1 is 1.10 bits per heavy atom. The molecule has 0 radical (unpaired) electrons. The molecule has 2 aliphatic heterocycles. The van der Waals surface area contributed by atoms with Gasteiger partial charge >= 0.3 is 0 Å². The van der Waals surface area contributed by atoms with Crippen molar-refractivity contribution in [2.24, 2.45) is 0 Å². The number of piperazine rings is 1. The molecule has 2 aromatic rings. The number of carbonyl (C=O) groups excluding carboxylic acids is 3. The minimum absolute atomic E-state index is 0.0641. The monoisotopic (exact) mass is 445 g/mol. The Morgan fingerprint density at radius 3 is 2.48 bits per heavy atom. The van der Waals surface area contributed by atoms with Gasteiger partial charge in [0.05, 0.1) is 12.0 Å². The summed E-state index contributed by atoms with van der Waals surface area (Å²) in [7, 11) is 0. The fourth-order valence-electron chi connectivity index (χ4n) is 3.84. The lowest BCUT2D eigenvalue weighted by molar-refractivity contribution is -0.134. The van der Waals surface area contributed by atoms with E-state index >= 15 is 0 Å². The summed E-state index contributed by atoms with van der Waals surface area (Å²) in [5, 5.41) is 0.489. The van der Waals surface area contributed by atoms with Gasteiger partial charge in [0.2, 0.25) is 5.91 Å². The number of nitrogens with zero attached hydrogens (tertiary/aromatic N) is 3. The Hall–Kier alpha value is -3.00. The number of fused-ring (bicyclic) bond motifs is 1. The first-order chi connectivity index (χ1) is 14.8. The number of ether oxygens (including phenoxy) is 1. The number of carbonyl (C=O) groups is 3. The molecule has 0 atom stereocenters. The SMILES string of the molecule is CC1(C)Oc2ccc(Cl)cc2N(CCC(=O)N2CCN(C(=O)c3ccco3)CC2)C1=O. The highest BCUT2D eigenvalue weighted by molar-refractivity contribution is 6.31. The molecule has 1 fully saturated rings. The summed E-state index contributed by atoms with van der Waals surface area (Å²) in [6.07, 6.45) is 1.63. The van der Waals surface area contributed by atoms with Crippen LogP contribution in [-0.2, 0) is 9.59 Å². The molecule has 1 saturated heterocycles. The lowest BCUT2D eigenvalue weighted by Gasteiger charge is -2.39. The van der Waals surface area contributed by atoms with E-state index in [-0.39, 0.29) is 30.7 Å². The van der Waals surface area contributed by atoms with Gasteiger partial charge in [0.1, 0.15) is 5.75 Å². The summed E-state index contributed by atoms with van der Waals surface area (Å²) in [5.41, 5.74) is -0.458. The molecular formula is C22H24ClN3O5. The molecule has 31 heavy (non-hydrogen) atoms. The smallest absolute Gasteiger partial charge is 0.289 e. The molecule has 0 saturated carbocycles. The van der Waals surface area contributed by atoms with Crippen LogP contribution in [0.4, 0.5) is 5.69 Å². The van der Waals surface area contributed by atoms with Gasteiger partial charge in [0.15, 0.2) is 11.4 Å². The van der Waals surface area contributed by atoms with Gasteiger partial charge in [-0.3, -0.25) is 14.4 Å². The predicted octanol–water partition coefficient (Wildman–Crippen LogP) is 2.81. The fourth-order valence-corrected chi connectivity index (χ4v) is 4.01. The predicted molar refractivity (Wildman–Crippen MR) is 114 cm³/mol. The average molecular weight is 446 g/mol. The third-order valence-corrected chi connectivity index (χ3v) is 5.77. The Bertz CT molecular complexity index is 997. The number of halogens is 1.